The molecule has 100 valence electrons. The highest BCUT2D eigenvalue weighted by Crippen LogP contribution is 2.32. The van der Waals surface area contributed by atoms with E-state index in [1.54, 1.807) is 0 Å². The van der Waals surface area contributed by atoms with E-state index in [2.05, 4.69) is 24.0 Å². The molecule has 0 saturated carbocycles. The third-order valence-corrected chi connectivity index (χ3v) is 3.59. The average Bonchev–Trinajstić information content (AvgIpc) is 3.14. The quantitative estimate of drug-likeness (QED) is 0.352. The van der Waals surface area contributed by atoms with E-state index in [0.29, 0.717) is 11.6 Å². The van der Waals surface area contributed by atoms with Crippen LogP contribution in [0.25, 0.3) is 0 Å². The summed E-state index contributed by atoms with van der Waals surface area (Å²) < 4.78 is 0. The first-order valence-electron chi connectivity index (χ1n) is 6.55. The van der Waals surface area contributed by atoms with E-state index < -0.39 is 0 Å². The molecule has 3 heteroatoms. The Morgan fingerprint density at radius 2 is 1.79 bits per heavy atom. The van der Waals surface area contributed by atoms with Gasteiger partial charge in [-0.1, -0.05) is 36.4 Å². The van der Waals surface area contributed by atoms with Gasteiger partial charge in [-0.3, -0.25) is 14.5 Å². The van der Waals surface area contributed by atoms with Crippen LogP contribution in [0.15, 0.2) is 42.0 Å². The summed E-state index contributed by atoms with van der Waals surface area (Å²) in [5.74, 6) is -0.293. The first kappa shape index (κ1) is 13.7. The second kappa shape index (κ2) is 5.49. The summed E-state index contributed by atoms with van der Waals surface area (Å²) in [7, 11) is 0. The van der Waals surface area contributed by atoms with Crippen LogP contribution in [-0.2, 0) is 9.59 Å². The summed E-state index contributed by atoms with van der Waals surface area (Å²) >= 11 is 0. The lowest BCUT2D eigenvalue weighted by atomic mass is 10.1. The first-order valence-corrected chi connectivity index (χ1v) is 6.55. The molecule has 2 unspecified atom stereocenters. The van der Waals surface area contributed by atoms with Crippen LogP contribution >= 0.6 is 0 Å². The molecular formula is C16H19NO2. The summed E-state index contributed by atoms with van der Waals surface area (Å²) in [6.07, 6.45) is 1.81. The number of benzene rings is 1. The molecule has 1 aromatic rings. The number of hydrogen-bond acceptors (Lipinski definition) is 3. The van der Waals surface area contributed by atoms with Crippen molar-refractivity contribution in [2.24, 2.45) is 0 Å². The standard InChI is InChI=1S/C16H19NO2/c1-11(14-7-5-4-6-8-14)17-10-15(17)9-16(12(2)18)13(3)19/h4-9,11,15H,10H2,1-3H3/t11-,15?,17?/m1/s1. The van der Waals surface area contributed by atoms with Crippen LogP contribution in [0.3, 0.4) is 0 Å². The van der Waals surface area contributed by atoms with Crippen LogP contribution in [0.4, 0.5) is 0 Å². The second-order valence-electron chi connectivity index (χ2n) is 5.04. The zero-order chi connectivity index (χ0) is 14.0. The van der Waals surface area contributed by atoms with Gasteiger partial charge < -0.3 is 0 Å². The van der Waals surface area contributed by atoms with Crippen molar-refractivity contribution in [2.45, 2.75) is 32.9 Å². The number of nitrogens with zero attached hydrogens (tertiary/aromatic N) is 1. The molecule has 0 N–H and O–H groups in total. The minimum absolute atomic E-state index is 0.147. The predicted octanol–water partition coefficient (Wildman–Crippen LogP) is 2.54. The maximum Gasteiger partial charge on any atom is 0.163 e. The van der Waals surface area contributed by atoms with Gasteiger partial charge in [0, 0.05) is 18.6 Å². The van der Waals surface area contributed by atoms with Crippen LogP contribution in [0.2, 0.25) is 0 Å². The maximum atomic E-state index is 11.4. The van der Waals surface area contributed by atoms with E-state index in [4.69, 9.17) is 0 Å². The van der Waals surface area contributed by atoms with Gasteiger partial charge in [-0.05, 0) is 26.3 Å². The number of Topliss-reactive ketones (excluding diaryl/α,β-unsaturated/α-hetero) is 2. The molecule has 0 bridgehead atoms. The Kier molecular flexibility index (Phi) is 3.96. The van der Waals surface area contributed by atoms with Crippen molar-refractivity contribution < 1.29 is 9.59 Å². The largest absolute Gasteiger partial charge is 0.294 e. The molecule has 1 saturated heterocycles. The average molecular weight is 257 g/mol. The highest BCUT2D eigenvalue weighted by molar-refractivity contribution is 6.18. The van der Waals surface area contributed by atoms with Gasteiger partial charge in [0.2, 0.25) is 0 Å². The molecule has 1 heterocycles. The maximum absolute atomic E-state index is 11.4. The van der Waals surface area contributed by atoms with Crippen molar-refractivity contribution in [1.82, 2.24) is 4.90 Å². The summed E-state index contributed by atoms with van der Waals surface area (Å²) in [5, 5.41) is 0. The lowest BCUT2D eigenvalue weighted by Gasteiger charge is -2.13. The van der Waals surface area contributed by atoms with Gasteiger partial charge in [0.15, 0.2) is 11.6 Å². The van der Waals surface area contributed by atoms with Crippen molar-refractivity contribution in [3.63, 3.8) is 0 Å². The number of allylic oxidation sites excluding steroid dienone is 1. The minimum Gasteiger partial charge on any atom is -0.294 e. The van der Waals surface area contributed by atoms with E-state index in [1.807, 2.05) is 24.3 Å². The van der Waals surface area contributed by atoms with Crippen molar-refractivity contribution in [3.05, 3.63) is 47.5 Å². The van der Waals surface area contributed by atoms with Crippen molar-refractivity contribution in [2.75, 3.05) is 6.54 Å². The molecule has 3 nitrogen and oxygen atoms in total. The number of carbonyl (C=O) groups is 2. The number of carbonyl (C=O) groups excluding carboxylic acids is 2. The van der Waals surface area contributed by atoms with Gasteiger partial charge in [0.1, 0.15) is 0 Å². The van der Waals surface area contributed by atoms with Gasteiger partial charge >= 0.3 is 0 Å². The minimum atomic E-state index is -0.147. The normalized spacial score (nSPS) is 22.5. The van der Waals surface area contributed by atoms with E-state index in [-0.39, 0.29) is 17.6 Å². The monoisotopic (exact) mass is 257 g/mol. The third kappa shape index (κ3) is 3.18. The predicted molar refractivity (Wildman–Crippen MR) is 74.8 cm³/mol. The van der Waals surface area contributed by atoms with Gasteiger partial charge in [-0.25, -0.2) is 0 Å². The molecule has 0 aliphatic carbocycles. The highest BCUT2D eigenvalue weighted by Gasteiger charge is 2.37. The Bertz CT molecular complexity index is 503. The molecule has 1 aromatic carbocycles. The fourth-order valence-electron chi connectivity index (χ4n) is 2.36. The van der Waals surface area contributed by atoms with Crippen LogP contribution in [0.5, 0.6) is 0 Å². The Morgan fingerprint density at radius 1 is 1.21 bits per heavy atom. The van der Waals surface area contributed by atoms with Crippen LogP contribution in [-0.4, -0.2) is 29.1 Å². The van der Waals surface area contributed by atoms with E-state index in [1.165, 1.54) is 19.4 Å². The molecule has 2 rings (SSSR count). The highest BCUT2D eigenvalue weighted by atomic mass is 16.1. The summed E-state index contributed by atoms with van der Waals surface area (Å²) in [5.41, 5.74) is 1.58. The molecule has 19 heavy (non-hydrogen) atoms. The van der Waals surface area contributed by atoms with E-state index in [0.717, 1.165) is 6.54 Å². The van der Waals surface area contributed by atoms with Gasteiger partial charge in [-0.15, -0.1) is 0 Å². The molecule has 1 fully saturated rings. The Balaban J connectivity index is 2.07. The number of rotatable bonds is 5. The zero-order valence-electron chi connectivity index (χ0n) is 11.6. The Morgan fingerprint density at radius 3 is 2.32 bits per heavy atom. The lowest BCUT2D eigenvalue weighted by molar-refractivity contribution is -0.119. The third-order valence-electron chi connectivity index (χ3n) is 3.59. The second-order valence-corrected chi connectivity index (χ2v) is 5.04. The van der Waals surface area contributed by atoms with E-state index in [9.17, 15) is 9.59 Å². The summed E-state index contributed by atoms with van der Waals surface area (Å²) in [6.45, 7) is 5.94. The summed E-state index contributed by atoms with van der Waals surface area (Å²) in [6, 6.07) is 10.8. The topological polar surface area (TPSA) is 37.1 Å². The molecular weight excluding hydrogens is 238 g/mol. The van der Waals surface area contributed by atoms with Crippen molar-refractivity contribution in [3.8, 4) is 0 Å². The van der Waals surface area contributed by atoms with Gasteiger partial charge in [0.05, 0.1) is 5.57 Å². The number of hydrogen-bond donors (Lipinski definition) is 0. The molecule has 0 spiro atoms. The molecule has 3 atom stereocenters. The van der Waals surface area contributed by atoms with Crippen LogP contribution in [0, 0.1) is 0 Å². The van der Waals surface area contributed by atoms with Crippen molar-refractivity contribution in [1.29, 1.82) is 0 Å². The smallest absolute Gasteiger partial charge is 0.163 e. The fourth-order valence-corrected chi connectivity index (χ4v) is 2.36. The molecule has 1 aliphatic rings. The molecule has 1 aliphatic heterocycles. The Hall–Kier alpha value is -1.74. The van der Waals surface area contributed by atoms with Crippen LogP contribution < -0.4 is 0 Å². The van der Waals surface area contributed by atoms with Gasteiger partial charge in [0.25, 0.3) is 0 Å². The van der Waals surface area contributed by atoms with Gasteiger partial charge in [-0.2, -0.15) is 0 Å². The van der Waals surface area contributed by atoms with E-state index >= 15 is 0 Å². The first-order chi connectivity index (χ1) is 9.00. The molecule has 0 amide bonds. The zero-order valence-corrected chi connectivity index (χ0v) is 11.6. The fraction of sp³-hybridized carbons (Fsp3) is 0.375. The van der Waals surface area contributed by atoms with Crippen molar-refractivity contribution >= 4 is 11.6 Å². The molecule has 0 radical (unpaired) electrons. The SMILES string of the molecule is CC(=O)C(=CC1CN1[C@H](C)c1ccccc1)C(C)=O. The summed E-state index contributed by atoms with van der Waals surface area (Å²) in [4.78, 5) is 25.0. The van der Waals surface area contributed by atoms with Crippen LogP contribution in [0.1, 0.15) is 32.4 Å². The Labute approximate surface area is 113 Å². The number of ketones is 2. The molecule has 0 aromatic heterocycles. The lowest BCUT2D eigenvalue weighted by Crippen LogP contribution is -2.11.